The number of benzene rings is 2. The predicted molar refractivity (Wildman–Crippen MR) is 103 cm³/mol. The molecule has 2 aromatic rings. The smallest absolute Gasteiger partial charge is 0.447 e. The summed E-state index contributed by atoms with van der Waals surface area (Å²) in [4.78, 5) is 26.2. The molecule has 2 amide bonds. The Morgan fingerprint density at radius 3 is 2.43 bits per heavy atom. The van der Waals surface area contributed by atoms with Crippen LogP contribution >= 0.6 is 0 Å². The third kappa shape index (κ3) is 4.25. The van der Waals surface area contributed by atoms with E-state index in [4.69, 9.17) is 14.8 Å². The summed E-state index contributed by atoms with van der Waals surface area (Å²) in [6, 6.07) is 15.0. The van der Waals surface area contributed by atoms with Gasteiger partial charge in [-0.05, 0) is 23.0 Å². The van der Waals surface area contributed by atoms with Gasteiger partial charge in [0.15, 0.2) is 0 Å². The van der Waals surface area contributed by atoms with Crippen LogP contribution < -0.4 is 5.46 Å². The standard InChI is InChI=1S/C20H22BNO6/c1-13(18(23)15-7-9-16(10-8-15)21(26)27)19(24)22-17(12-28-20(22)25)11-14-5-3-2-4-6-14/h2-10,13,17-18,23,26-27H,11-12H2,1H3/t13-,17-,18-/m1/s1. The zero-order valence-electron chi connectivity index (χ0n) is 15.4. The predicted octanol–water partition coefficient (Wildman–Crippen LogP) is 0.626. The van der Waals surface area contributed by atoms with Crippen LogP contribution in [0, 0.1) is 5.92 Å². The van der Waals surface area contributed by atoms with Crippen molar-refractivity contribution < 1.29 is 29.5 Å². The maximum Gasteiger partial charge on any atom is 0.488 e. The fraction of sp³-hybridized carbons (Fsp3) is 0.300. The molecule has 1 aliphatic rings. The van der Waals surface area contributed by atoms with Crippen molar-refractivity contribution in [3.8, 4) is 0 Å². The lowest BCUT2D eigenvalue weighted by atomic mass is 9.79. The molecule has 28 heavy (non-hydrogen) atoms. The van der Waals surface area contributed by atoms with Gasteiger partial charge in [0.25, 0.3) is 0 Å². The van der Waals surface area contributed by atoms with Crippen LogP contribution in [0.25, 0.3) is 0 Å². The monoisotopic (exact) mass is 383 g/mol. The molecular formula is C20H22BNO6. The molecular weight excluding hydrogens is 361 g/mol. The summed E-state index contributed by atoms with van der Waals surface area (Å²) in [5, 5.41) is 28.9. The lowest BCUT2D eigenvalue weighted by Gasteiger charge is -2.26. The van der Waals surface area contributed by atoms with E-state index in [1.54, 1.807) is 6.92 Å². The topological polar surface area (TPSA) is 107 Å². The van der Waals surface area contributed by atoms with Crippen LogP contribution in [0.5, 0.6) is 0 Å². The van der Waals surface area contributed by atoms with Gasteiger partial charge in [-0.15, -0.1) is 0 Å². The Morgan fingerprint density at radius 2 is 1.82 bits per heavy atom. The lowest BCUT2D eigenvalue weighted by molar-refractivity contribution is -0.136. The highest BCUT2D eigenvalue weighted by atomic mass is 16.6. The van der Waals surface area contributed by atoms with Crippen molar-refractivity contribution >= 4 is 24.6 Å². The second-order valence-corrected chi connectivity index (χ2v) is 6.90. The zero-order chi connectivity index (χ0) is 20.3. The maximum atomic E-state index is 12.9. The van der Waals surface area contributed by atoms with Crippen molar-refractivity contribution in [1.29, 1.82) is 0 Å². The van der Waals surface area contributed by atoms with E-state index in [0.717, 1.165) is 10.5 Å². The number of hydrogen-bond donors (Lipinski definition) is 3. The Kier molecular flexibility index (Phi) is 6.13. The highest BCUT2D eigenvalue weighted by Crippen LogP contribution is 2.27. The van der Waals surface area contributed by atoms with Crippen molar-refractivity contribution in [3.63, 3.8) is 0 Å². The number of rotatable bonds is 6. The minimum absolute atomic E-state index is 0.116. The van der Waals surface area contributed by atoms with Crippen molar-refractivity contribution in [2.45, 2.75) is 25.5 Å². The minimum atomic E-state index is -1.61. The number of ether oxygens (including phenoxy) is 1. The number of amides is 2. The van der Waals surface area contributed by atoms with E-state index in [9.17, 15) is 14.7 Å². The number of carbonyl (C=O) groups excluding carboxylic acids is 2. The van der Waals surface area contributed by atoms with Gasteiger partial charge in [0, 0.05) is 0 Å². The molecule has 1 saturated heterocycles. The summed E-state index contributed by atoms with van der Waals surface area (Å²) in [6.07, 6.45) is -1.38. The van der Waals surface area contributed by atoms with E-state index in [-0.39, 0.29) is 12.1 Å². The molecule has 8 heteroatoms. The Bertz CT molecular complexity index is 826. The number of aliphatic hydroxyl groups excluding tert-OH is 1. The lowest BCUT2D eigenvalue weighted by Crippen LogP contribution is -2.44. The molecule has 0 radical (unpaired) electrons. The van der Waals surface area contributed by atoms with E-state index >= 15 is 0 Å². The Balaban J connectivity index is 1.73. The normalized spacial score (nSPS) is 18.5. The second kappa shape index (κ2) is 8.56. The van der Waals surface area contributed by atoms with Gasteiger partial charge in [-0.2, -0.15) is 0 Å². The third-order valence-corrected chi connectivity index (χ3v) is 4.95. The average Bonchev–Trinajstić information content (AvgIpc) is 3.07. The summed E-state index contributed by atoms with van der Waals surface area (Å²) in [5.74, 6) is -1.39. The first-order valence-corrected chi connectivity index (χ1v) is 9.06. The van der Waals surface area contributed by atoms with E-state index in [0.29, 0.717) is 12.0 Å². The average molecular weight is 383 g/mol. The first kappa shape index (κ1) is 20.1. The van der Waals surface area contributed by atoms with Crippen LogP contribution in [0.3, 0.4) is 0 Å². The van der Waals surface area contributed by atoms with Crippen molar-refractivity contribution in [2.24, 2.45) is 5.92 Å². The van der Waals surface area contributed by atoms with Gasteiger partial charge in [0.05, 0.1) is 18.1 Å². The Labute approximate surface area is 163 Å². The number of hydrogen-bond acceptors (Lipinski definition) is 6. The fourth-order valence-electron chi connectivity index (χ4n) is 3.28. The largest absolute Gasteiger partial charge is 0.488 e. The minimum Gasteiger partial charge on any atom is -0.447 e. The highest BCUT2D eigenvalue weighted by Gasteiger charge is 2.41. The van der Waals surface area contributed by atoms with Gasteiger partial charge in [-0.25, -0.2) is 9.69 Å². The van der Waals surface area contributed by atoms with Gasteiger partial charge in [-0.1, -0.05) is 61.5 Å². The van der Waals surface area contributed by atoms with Gasteiger partial charge in [0.1, 0.15) is 6.61 Å². The number of cyclic esters (lactones) is 1. The molecule has 0 aromatic heterocycles. The molecule has 7 nitrogen and oxygen atoms in total. The summed E-state index contributed by atoms with van der Waals surface area (Å²) >= 11 is 0. The Morgan fingerprint density at radius 1 is 1.18 bits per heavy atom. The first-order chi connectivity index (χ1) is 13.4. The van der Waals surface area contributed by atoms with E-state index in [1.165, 1.54) is 24.3 Å². The molecule has 2 aromatic carbocycles. The second-order valence-electron chi connectivity index (χ2n) is 6.90. The number of nitrogens with zero attached hydrogens (tertiary/aromatic N) is 1. The number of aliphatic hydroxyl groups is 1. The maximum absolute atomic E-state index is 12.9. The molecule has 3 rings (SSSR count). The molecule has 0 saturated carbocycles. The van der Waals surface area contributed by atoms with Crippen molar-refractivity contribution in [1.82, 2.24) is 4.90 Å². The molecule has 1 fully saturated rings. The quantitative estimate of drug-likeness (QED) is 0.632. The molecule has 3 N–H and O–H groups in total. The number of carbonyl (C=O) groups is 2. The molecule has 0 bridgehead atoms. The fourth-order valence-corrected chi connectivity index (χ4v) is 3.28. The number of imide groups is 1. The van der Waals surface area contributed by atoms with Crippen molar-refractivity contribution in [2.75, 3.05) is 6.61 Å². The summed E-state index contributed by atoms with van der Waals surface area (Å²) < 4.78 is 5.08. The third-order valence-electron chi connectivity index (χ3n) is 4.95. The summed E-state index contributed by atoms with van der Waals surface area (Å²) in [7, 11) is -1.61. The van der Waals surface area contributed by atoms with Gasteiger partial charge in [0.2, 0.25) is 5.91 Å². The molecule has 0 aliphatic carbocycles. The first-order valence-electron chi connectivity index (χ1n) is 9.06. The Hall–Kier alpha value is -2.68. The molecule has 146 valence electrons. The van der Waals surface area contributed by atoms with Crippen LogP contribution in [0.15, 0.2) is 54.6 Å². The van der Waals surface area contributed by atoms with Gasteiger partial charge < -0.3 is 19.9 Å². The van der Waals surface area contributed by atoms with E-state index in [2.05, 4.69) is 0 Å². The molecule has 0 unspecified atom stereocenters. The van der Waals surface area contributed by atoms with Crippen LogP contribution in [0.2, 0.25) is 0 Å². The molecule has 3 atom stereocenters. The zero-order valence-corrected chi connectivity index (χ0v) is 15.4. The van der Waals surface area contributed by atoms with Crippen LogP contribution in [0.4, 0.5) is 4.79 Å². The highest BCUT2D eigenvalue weighted by molar-refractivity contribution is 6.58. The van der Waals surface area contributed by atoms with E-state index < -0.39 is 37.2 Å². The summed E-state index contributed by atoms with van der Waals surface area (Å²) in [5.41, 5.74) is 1.70. The molecule has 1 aliphatic heterocycles. The van der Waals surface area contributed by atoms with E-state index in [1.807, 2.05) is 30.3 Å². The molecule has 0 spiro atoms. The van der Waals surface area contributed by atoms with Crippen LogP contribution in [0.1, 0.15) is 24.2 Å². The van der Waals surface area contributed by atoms with Crippen LogP contribution in [-0.4, -0.2) is 51.8 Å². The van der Waals surface area contributed by atoms with Crippen LogP contribution in [-0.2, 0) is 16.0 Å². The molecule has 1 heterocycles. The van der Waals surface area contributed by atoms with Gasteiger partial charge >= 0.3 is 13.2 Å². The van der Waals surface area contributed by atoms with Gasteiger partial charge in [-0.3, -0.25) is 4.79 Å². The van der Waals surface area contributed by atoms with Crippen molar-refractivity contribution in [3.05, 3.63) is 65.7 Å². The SMILES string of the molecule is C[C@@H](C(=O)N1C(=O)OC[C@H]1Cc1ccccc1)[C@@H](O)c1ccc(B(O)O)cc1. The summed E-state index contributed by atoms with van der Waals surface area (Å²) in [6.45, 7) is 1.67.